The molecule has 1 aromatic rings. The van der Waals surface area contributed by atoms with Crippen molar-refractivity contribution in [3.63, 3.8) is 0 Å². The minimum atomic E-state index is -4.45. The molecule has 1 aliphatic rings. The van der Waals surface area contributed by atoms with Gasteiger partial charge in [-0.15, -0.1) is 0 Å². The number of nitrogens with zero attached hydrogens (tertiary/aromatic N) is 1. The molecule has 0 aliphatic carbocycles. The Morgan fingerprint density at radius 3 is 2.07 bits per heavy atom. The van der Waals surface area contributed by atoms with Gasteiger partial charge in [-0.2, -0.15) is 13.2 Å². The molecule has 8 nitrogen and oxygen atoms in total. The van der Waals surface area contributed by atoms with Crippen LogP contribution >= 0.6 is 0 Å². The summed E-state index contributed by atoms with van der Waals surface area (Å²) in [6.07, 6.45) is -3.88. The Hall–Kier alpha value is -2.85. The van der Waals surface area contributed by atoms with Crippen molar-refractivity contribution in [3.05, 3.63) is 12.1 Å². The van der Waals surface area contributed by atoms with E-state index in [0.717, 1.165) is 0 Å². The Morgan fingerprint density at radius 2 is 1.62 bits per heavy atom. The molecule has 3 amide bonds. The van der Waals surface area contributed by atoms with E-state index in [1.54, 1.807) is 12.1 Å². The molecule has 1 aromatic carbocycles. The van der Waals surface area contributed by atoms with Crippen LogP contribution in [0.3, 0.4) is 0 Å². The normalized spacial score (nSPS) is 14.9. The lowest BCUT2D eigenvalue weighted by atomic mass is 9.96. The summed E-state index contributed by atoms with van der Waals surface area (Å²) in [5.41, 5.74) is 0.426. The summed E-state index contributed by atoms with van der Waals surface area (Å²) in [6, 6.07) is 2.76. The fraction of sp³-hybridized carbons (Fsp3) is 0.556. The van der Waals surface area contributed by atoms with E-state index in [4.69, 9.17) is 14.2 Å². The average Bonchev–Trinajstić information content (AvgIpc) is 2.70. The van der Waals surface area contributed by atoms with Gasteiger partial charge in [0, 0.05) is 31.1 Å². The molecule has 1 aliphatic heterocycles. The lowest BCUT2D eigenvalue weighted by Crippen LogP contribution is -2.45. The lowest BCUT2D eigenvalue weighted by molar-refractivity contribution is -0.141. The topological polar surface area (TPSA) is 89.1 Å². The third-order valence-corrected chi connectivity index (χ3v) is 4.53. The van der Waals surface area contributed by atoms with Crippen molar-refractivity contribution in [1.29, 1.82) is 0 Å². The van der Waals surface area contributed by atoms with Gasteiger partial charge in [-0.3, -0.25) is 4.79 Å². The van der Waals surface area contributed by atoms with Crippen molar-refractivity contribution in [2.45, 2.75) is 19.0 Å². The number of likely N-dealkylation sites (tertiary alicyclic amines) is 1. The van der Waals surface area contributed by atoms with Gasteiger partial charge in [0.25, 0.3) is 0 Å². The Labute approximate surface area is 166 Å². The fourth-order valence-corrected chi connectivity index (χ4v) is 3.03. The van der Waals surface area contributed by atoms with Crippen LogP contribution in [0.15, 0.2) is 12.1 Å². The molecular weight excluding hydrogens is 395 g/mol. The van der Waals surface area contributed by atoms with E-state index >= 15 is 0 Å². The highest BCUT2D eigenvalue weighted by atomic mass is 19.4. The van der Waals surface area contributed by atoms with Crippen LogP contribution in [0, 0.1) is 5.92 Å². The minimum absolute atomic E-state index is 0.250. The number of halogens is 3. The predicted octanol–water partition coefficient (Wildman–Crippen LogP) is 2.63. The molecule has 0 saturated carbocycles. The molecule has 0 bridgehead atoms. The molecule has 0 radical (unpaired) electrons. The monoisotopic (exact) mass is 419 g/mol. The van der Waals surface area contributed by atoms with Crippen molar-refractivity contribution in [1.82, 2.24) is 10.2 Å². The molecule has 0 atom stereocenters. The molecule has 11 heteroatoms. The van der Waals surface area contributed by atoms with Crippen LogP contribution in [0.1, 0.15) is 12.8 Å². The third-order valence-electron chi connectivity index (χ3n) is 4.53. The maximum Gasteiger partial charge on any atom is 0.405 e. The SMILES string of the molecule is COc1cc(NC(=O)N2CCC(C(=O)NCC(F)(F)F)CC2)cc(OC)c1OC. The number of methoxy groups -OCH3 is 3. The summed E-state index contributed by atoms with van der Waals surface area (Å²) < 4.78 is 52.3. The first-order chi connectivity index (χ1) is 13.7. The van der Waals surface area contributed by atoms with Gasteiger partial charge in [-0.1, -0.05) is 0 Å². The summed E-state index contributed by atoms with van der Waals surface area (Å²) in [4.78, 5) is 25.8. The van der Waals surface area contributed by atoms with Crippen molar-refractivity contribution in [2.24, 2.45) is 5.92 Å². The number of carbonyl (C=O) groups excluding carboxylic acids is 2. The maximum atomic E-state index is 12.5. The molecule has 162 valence electrons. The minimum Gasteiger partial charge on any atom is -0.493 e. The highest BCUT2D eigenvalue weighted by molar-refractivity contribution is 5.90. The van der Waals surface area contributed by atoms with Gasteiger partial charge in [0.2, 0.25) is 11.7 Å². The number of ether oxygens (including phenoxy) is 3. The van der Waals surface area contributed by atoms with Crippen LogP contribution in [0.2, 0.25) is 0 Å². The summed E-state index contributed by atoms with van der Waals surface area (Å²) in [5.74, 6) is -0.0577. The van der Waals surface area contributed by atoms with Gasteiger partial charge in [-0.05, 0) is 12.8 Å². The van der Waals surface area contributed by atoms with E-state index in [-0.39, 0.29) is 25.9 Å². The maximum absolute atomic E-state index is 12.5. The molecular formula is C18H24F3N3O5. The smallest absolute Gasteiger partial charge is 0.405 e. The zero-order valence-electron chi connectivity index (χ0n) is 16.4. The summed E-state index contributed by atoms with van der Waals surface area (Å²) >= 11 is 0. The van der Waals surface area contributed by atoms with Crippen molar-refractivity contribution in [3.8, 4) is 17.2 Å². The van der Waals surface area contributed by atoms with E-state index in [1.165, 1.54) is 26.2 Å². The van der Waals surface area contributed by atoms with E-state index in [2.05, 4.69) is 5.32 Å². The predicted molar refractivity (Wildman–Crippen MR) is 98.5 cm³/mol. The first kappa shape index (κ1) is 22.4. The number of carbonyl (C=O) groups is 2. The molecule has 2 rings (SSSR count). The number of amides is 3. The molecule has 1 fully saturated rings. The fourth-order valence-electron chi connectivity index (χ4n) is 3.03. The van der Waals surface area contributed by atoms with Crippen molar-refractivity contribution < 1.29 is 37.0 Å². The van der Waals surface area contributed by atoms with Crippen LogP contribution in [-0.2, 0) is 4.79 Å². The zero-order chi connectivity index (χ0) is 21.6. The van der Waals surface area contributed by atoms with E-state index in [0.29, 0.717) is 22.9 Å². The van der Waals surface area contributed by atoms with Gasteiger partial charge in [0.05, 0.1) is 27.0 Å². The molecule has 0 aromatic heterocycles. The van der Waals surface area contributed by atoms with Crippen LogP contribution in [0.25, 0.3) is 0 Å². The van der Waals surface area contributed by atoms with Gasteiger partial charge < -0.3 is 29.7 Å². The highest BCUT2D eigenvalue weighted by Gasteiger charge is 2.32. The van der Waals surface area contributed by atoms with E-state index < -0.39 is 30.6 Å². The second-order valence-electron chi connectivity index (χ2n) is 6.44. The first-order valence-electron chi connectivity index (χ1n) is 8.89. The summed E-state index contributed by atoms with van der Waals surface area (Å²) in [6.45, 7) is -0.853. The Kier molecular flexibility index (Phi) is 7.40. The van der Waals surface area contributed by atoms with E-state index in [1.807, 2.05) is 5.32 Å². The van der Waals surface area contributed by atoms with E-state index in [9.17, 15) is 22.8 Å². The van der Waals surface area contributed by atoms with Crippen LogP contribution in [-0.4, -0.2) is 64.0 Å². The molecule has 1 saturated heterocycles. The van der Waals surface area contributed by atoms with Crippen molar-refractivity contribution >= 4 is 17.6 Å². The Bertz CT molecular complexity index is 709. The zero-order valence-corrected chi connectivity index (χ0v) is 16.4. The largest absolute Gasteiger partial charge is 0.493 e. The van der Waals surface area contributed by atoms with Crippen LogP contribution in [0.4, 0.5) is 23.7 Å². The number of anilines is 1. The molecule has 0 unspecified atom stereocenters. The average molecular weight is 419 g/mol. The van der Waals surface area contributed by atoms with Gasteiger partial charge in [0.15, 0.2) is 11.5 Å². The number of hydrogen-bond donors (Lipinski definition) is 2. The quantitative estimate of drug-likeness (QED) is 0.740. The number of benzene rings is 1. The number of nitrogens with one attached hydrogen (secondary N) is 2. The van der Waals surface area contributed by atoms with Gasteiger partial charge in [0.1, 0.15) is 6.54 Å². The highest BCUT2D eigenvalue weighted by Crippen LogP contribution is 2.40. The third kappa shape index (κ3) is 6.06. The summed E-state index contributed by atoms with van der Waals surface area (Å²) in [5, 5.41) is 4.61. The Balaban J connectivity index is 1.94. The van der Waals surface area contributed by atoms with Gasteiger partial charge in [-0.25, -0.2) is 4.79 Å². The number of rotatable bonds is 6. The second kappa shape index (κ2) is 9.57. The molecule has 1 heterocycles. The standard InChI is InChI=1S/C18H24F3N3O5/c1-27-13-8-12(9-14(28-2)15(13)29-3)23-17(26)24-6-4-11(5-7-24)16(25)22-10-18(19,20)21/h8-9,11H,4-7,10H2,1-3H3,(H,22,25)(H,23,26). The number of alkyl halides is 3. The second-order valence-corrected chi connectivity index (χ2v) is 6.44. The number of hydrogen-bond acceptors (Lipinski definition) is 5. The molecule has 2 N–H and O–H groups in total. The molecule has 29 heavy (non-hydrogen) atoms. The van der Waals surface area contributed by atoms with Crippen LogP contribution < -0.4 is 24.8 Å². The summed E-state index contributed by atoms with van der Waals surface area (Å²) in [7, 11) is 4.38. The number of urea groups is 1. The van der Waals surface area contributed by atoms with Crippen LogP contribution in [0.5, 0.6) is 17.2 Å². The number of piperidine rings is 1. The molecule has 0 spiro atoms. The van der Waals surface area contributed by atoms with Crippen molar-refractivity contribution in [2.75, 3.05) is 46.3 Å². The lowest BCUT2D eigenvalue weighted by Gasteiger charge is -2.31. The Morgan fingerprint density at radius 1 is 1.07 bits per heavy atom. The van der Waals surface area contributed by atoms with Gasteiger partial charge >= 0.3 is 12.2 Å². The first-order valence-corrected chi connectivity index (χ1v) is 8.89.